The monoisotopic (exact) mass is 188 g/mol. The Balaban J connectivity index is 2.63. The summed E-state index contributed by atoms with van der Waals surface area (Å²) in [5, 5.41) is 29.8. The summed E-state index contributed by atoms with van der Waals surface area (Å²) in [6.45, 7) is -1.23. The van der Waals surface area contributed by atoms with E-state index in [1.807, 2.05) is 0 Å². The first-order valence-corrected chi connectivity index (χ1v) is 3.08. The first-order valence-electron chi connectivity index (χ1n) is 3.08. The molecule has 10 nitrogen and oxygen atoms in total. The van der Waals surface area contributed by atoms with Crippen molar-refractivity contribution in [2.24, 2.45) is 0 Å². The maximum absolute atomic E-state index is 9.95. The predicted octanol–water partition coefficient (Wildman–Crippen LogP) is -1.32. The van der Waals surface area contributed by atoms with Gasteiger partial charge >= 0.3 is 6.67 Å². The molecule has 0 amide bonds. The fraction of sp³-hybridized carbons (Fsp3) is 0.667. The van der Waals surface area contributed by atoms with Gasteiger partial charge in [-0.05, 0) is 5.21 Å². The lowest BCUT2D eigenvalue weighted by atomic mass is 10.6. The minimum absolute atomic E-state index is 0.146. The van der Waals surface area contributed by atoms with E-state index in [2.05, 4.69) is 15.4 Å². The van der Waals surface area contributed by atoms with Crippen molar-refractivity contribution in [3.63, 3.8) is 0 Å². The Morgan fingerprint density at radius 3 is 2.54 bits per heavy atom. The molecule has 0 saturated heterocycles. The molecule has 1 heterocycles. The highest BCUT2D eigenvalue weighted by molar-refractivity contribution is 4.70. The van der Waals surface area contributed by atoms with E-state index in [-0.39, 0.29) is 5.82 Å². The van der Waals surface area contributed by atoms with E-state index >= 15 is 0 Å². The van der Waals surface area contributed by atoms with Crippen LogP contribution in [0.4, 0.5) is 0 Å². The highest BCUT2D eigenvalue weighted by atomic mass is 16.6. The summed E-state index contributed by atoms with van der Waals surface area (Å²) in [5.41, 5.74) is 0. The van der Waals surface area contributed by atoms with Crippen LogP contribution in [0.15, 0.2) is 0 Å². The SMILES string of the molecule is O=[N+]([O-])Cc1nnn(C[N+](=O)[O-])n1. The summed E-state index contributed by atoms with van der Waals surface area (Å²) in [7, 11) is 0. The maximum atomic E-state index is 9.95. The standard InChI is InChI=1S/C3H4N6O4/c10-8(11)1-3-4-6-7(5-3)2-9(12)13/h1-2H2. The number of nitrogens with zero attached hydrogens (tertiary/aromatic N) is 6. The number of rotatable bonds is 4. The molecule has 1 aromatic heterocycles. The van der Waals surface area contributed by atoms with Crippen LogP contribution in [0, 0.1) is 20.2 Å². The lowest BCUT2D eigenvalue weighted by Crippen LogP contribution is -2.11. The molecule has 0 spiro atoms. The van der Waals surface area contributed by atoms with Crippen molar-refractivity contribution in [1.29, 1.82) is 0 Å². The molecule has 0 aliphatic heterocycles. The van der Waals surface area contributed by atoms with E-state index in [4.69, 9.17) is 0 Å². The molecule has 70 valence electrons. The highest BCUT2D eigenvalue weighted by Gasteiger charge is 2.10. The molecule has 1 rings (SSSR count). The molecule has 0 unspecified atom stereocenters. The topological polar surface area (TPSA) is 130 Å². The van der Waals surface area contributed by atoms with Crippen LogP contribution >= 0.6 is 0 Å². The van der Waals surface area contributed by atoms with Crippen molar-refractivity contribution in [2.45, 2.75) is 13.2 Å². The molecule has 13 heavy (non-hydrogen) atoms. The first-order chi connectivity index (χ1) is 6.08. The second kappa shape index (κ2) is 3.51. The second-order valence-corrected chi connectivity index (χ2v) is 2.04. The van der Waals surface area contributed by atoms with Gasteiger partial charge in [0.15, 0.2) is 0 Å². The molecular weight excluding hydrogens is 184 g/mol. The molecule has 1 aromatic rings. The zero-order valence-electron chi connectivity index (χ0n) is 6.23. The number of aromatic nitrogens is 4. The number of tetrazole rings is 1. The molecule has 0 aliphatic rings. The Kier molecular flexibility index (Phi) is 2.42. The smallest absolute Gasteiger partial charge is 0.264 e. The highest BCUT2D eigenvalue weighted by Crippen LogP contribution is 1.88. The molecule has 0 saturated carbocycles. The summed E-state index contributed by atoms with van der Waals surface area (Å²) in [6.07, 6.45) is 0. The lowest BCUT2D eigenvalue weighted by Gasteiger charge is -1.87. The molecule has 0 N–H and O–H groups in total. The zero-order valence-corrected chi connectivity index (χ0v) is 6.23. The van der Waals surface area contributed by atoms with Crippen LogP contribution in [-0.2, 0) is 13.2 Å². The van der Waals surface area contributed by atoms with Crippen LogP contribution in [0.5, 0.6) is 0 Å². The van der Waals surface area contributed by atoms with Crippen molar-refractivity contribution in [3.8, 4) is 0 Å². The maximum Gasteiger partial charge on any atom is 0.314 e. The summed E-state index contributed by atoms with van der Waals surface area (Å²) in [5.74, 6) is -0.146. The Labute approximate surface area is 70.5 Å². The van der Waals surface area contributed by atoms with E-state index in [1.165, 1.54) is 0 Å². The summed E-state index contributed by atoms with van der Waals surface area (Å²) < 4.78 is 0. The molecule has 0 aromatic carbocycles. The first kappa shape index (κ1) is 8.96. The fourth-order valence-corrected chi connectivity index (χ4v) is 0.618. The van der Waals surface area contributed by atoms with Crippen LogP contribution in [-0.4, -0.2) is 30.1 Å². The second-order valence-electron chi connectivity index (χ2n) is 2.04. The average molecular weight is 188 g/mol. The van der Waals surface area contributed by atoms with Crippen LogP contribution < -0.4 is 0 Å². The predicted molar refractivity (Wildman–Crippen MR) is 35.5 cm³/mol. The van der Waals surface area contributed by atoms with Gasteiger partial charge in [0.2, 0.25) is 5.82 Å². The Morgan fingerprint density at radius 2 is 2.00 bits per heavy atom. The van der Waals surface area contributed by atoms with E-state index in [0.717, 1.165) is 0 Å². The molecule has 0 radical (unpaired) electrons. The van der Waals surface area contributed by atoms with E-state index in [0.29, 0.717) is 4.80 Å². The van der Waals surface area contributed by atoms with Crippen molar-refractivity contribution in [1.82, 2.24) is 20.2 Å². The molecular formula is C3H4N6O4. The van der Waals surface area contributed by atoms with Crippen LogP contribution in [0.1, 0.15) is 5.82 Å². The number of hydrogen-bond acceptors (Lipinski definition) is 7. The van der Waals surface area contributed by atoms with Gasteiger partial charge in [-0.15, -0.1) is 10.2 Å². The third-order valence-electron chi connectivity index (χ3n) is 1.01. The van der Waals surface area contributed by atoms with E-state index in [9.17, 15) is 20.2 Å². The van der Waals surface area contributed by atoms with Crippen LogP contribution in [0.3, 0.4) is 0 Å². The third kappa shape index (κ3) is 2.76. The molecule has 10 heteroatoms. The Bertz CT molecular complexity index is 302. The van der Waals surface area contributed by atoms with Gasteiger partial charge in [0, 0.05) is 9.85 Å². The summed E-state index contributed by atoms with van der Waals surface area (Å²) in [4.78, 5) is 19.3. The minimum Gasteiger partial charge on any atom is -0.264 e. The van der Waals surface area contributed by atoms with Crippen molar-refractivity contribution < 1.29 is 9.85 Å². The molecule has 0 fully saturated rings. The summed E-state index contributed by atoms with van der Waals surface area (Å²) in [6, 6.07) is 0. The van der Waals surface area contributed by atoms with Gasteiger partial charge < -0.3 is 0 Å². The van der Waals surface area contributed by atoms with Gasteiger partial charge in [0.25, 0.3) is 6.54 Å². The minimum atomic E-state index is -0.669. The van der Waals surface area contributed by atoms with Crippen molar-refractivity contribution >= 4 is 0 Å². The zero-order chi connectivity index (χ0) is 9.84. The van der Waals surface area contributed by atoms with E-state index < -0.39 is 23.1 Å². The molecule has 0 atom stereocenters. The summed E-state index contributed by atoms with van der Waals surface area (Å²) >= 11 is 0. The van der Waals surface area contributed by atoms with Crippen LogP contribution in [0.2, 0.25) is 0 Å². The van der Waals surface area contributed by atoms with Gasteiger partial charge in [-0.2, -0.15) is 0 Å². The lowest BCUT2D eigenvalue weighted by molar-refractivity contribution is -0.518. The average Bonchev–Trinajstić information content (AvgIpc) is 2.33. The van der Waals surface area contributed by atoms with Gasteiger partial charge in [0.1, 0.15) is 0 Å². The largest absolute Gasteiger partial charge is 0.314 e. The van der Waals surface area contributed by atoms with Crippen molar-refractivity contribution in [3.05, 3.63) is 26.1 Å². The number of hydrogen-bond donors (Lipinski definition) is 0. The van der Waals surface area contributed by atoms with Gasteiger partial charge in [-0.25, -0.2) is 0 Å². The quantitative estimate of drug-likeness (QED) is 0.423. The van der Waals surface area contributed by atoms with Crippen molar-refractivity contribution in [2.75, 3.05) is 0 Å². The normalized spacial score (nSPS) is 9.85. The van der Waals surface area contributed by atoms with E-state index in [1.54, 1.807) is 0 Å². The van der Waals surface area contributed by atoms with Gasteiger partial charge in [-0.1, -0.05) is 4.80 Å². The fourth-order valence-electron chi connectivity index (χ4n) is 0.618. The molecule has 0 bridgehead atoms. The van der Waals surface area contributed by atoms with Gasteiger partial charge in [0.05, 0.1) is 0 Å². The number of nitro groups is 2. The Hall–Kier alpha value is -2.13. The van der Waals surface area contributed by atoms with Gasteiger partial charge in [-0.3, -0.25) is 20.2 Å². The Morgan fingerprint density at radius 1 is 1.31 bits per heavy atom. The molecule has 0 aliphatic carbocycles. The van der Waals surface area contributed by atoms with Crippen LogP contribution in [0.25, 0.3) is 0 Å². The third-order valence-corrected chi connectivity index (χ3v) is 1.01.